The summed E-state index contributed by atoms with van der Waals surface area (Å²) in [6.07, 6.45) is 0.891. The van der Waals surface area contributed by atoms with Gasteiger partial charge in [-0.1, -0.05) is 25.1 Å². The molecule has 1 aromatic carbocycles. The van der Waals surface area contributed by atoms with Crippen LogP contribution in [0.4, 0.5) is 0 Å². The number of benzene rings is 1. The topological polar surface area (TPSA) is 67.9 Å². The number of nitrogens with one attached hydrogen (secondary N) is 1. The Morgan fingerprint density at radius 3 is 3.05 bits per heavy atom. The van der Waals surface area contributed by atoms with E-state index in [-0.39, 0.29) is 6.61 Å². The van der Waals surface area contributed by atoms with Gasteiger partial charge in [0, 0.05) is 10.8 Å². The summed E-state index contributed by atoms with van der Waals surface area (Å²) in [6.45, 7) is 2.22. The van der Waals surface area contributed by atoms with Crippen molar-refractivity contribution in [1.29, 1.82) is 0 Å². The van der Waals surface area contributed by atoms with Gasteiger partial charge in [0.2, 0.25) is 0 Å². The molecule has 0 saturated heterocycles. The minimum Gasteiger partial charge on any atom is -0.454 e. The number of para-hydroxylation sites is 1. The highest BCUT2D eigenvalue weighted by atomic mass is 32.1. The molecule has 0 unspecified atom stereocenters. The van der Waals surface area contributed by atoms with Crippen LogP contribution in [0.15, 0.2) is 29.6 Å². The van der Waals surface area contributed by atoms with E-state index in [1.165, 1.54) is 0 Å². The molecule has 0 saturated carbocycles. The summed E-state index contributed by atoms with van der Waals surface area (Å²) in [6, 6.07) is 7.46. The lowest BCUT2D eigenvalue weighted by molar-refractivity contribution is 0.0463. The third-order valence-corrected chi connectivity index (χ3v) is 3.96. The third-order valence-electron chi connectivity index (χ3n) is 2.92. The molecule has 3 aromatic rings. The van der Waals surface area contributed by atoms with E-state index in [2.05, 4.69) is 15.2 Å². The minimum atomic E-state index is -0.437. The highest BCUT2D eigenvalue weighted by Crippen LogP contribution is 2.17. The Hall–Kier alpha value is -2.21. The molecule has 20 heavy (non-hydrogen) atoms. The lowest BCUT2D eigenvalue weighted by Crippen LogP contribution is -2.06. The van der Waals surface area contributed by atoms with Crippen LogP contribution < -0.4 is 0 Å². The van der Waals surface area contributed by atoms with Crippen molar-refractivity contribution in [3.8, 4) is 0 Å². The molecular formula is C14H13N3O2S. The van der Waals surface area contributed by atoms with Gasteiger partial charge in [0.05, 0.1) is 16.2 Å². The van der Waals surface area contributed by atoms with Gasteiger partial charge in [-0.3, -0.25) is 5.10 Å². The van der Waals surface area contributed by atoms with Gasteiger partial charge in [-0.15, -0.1) is 11.3 Å². The van der Waals surface area contributed by atoms with Gasteiger partial charge >= 0.3 is 5.97 Å². The van der Waals surface area contributed by atoms with Gasteiger partial charge in [0.25, 0.3) is 0 Å². The predicted octanol–water partition coefficient (Wildman–Crippen LogP) is 2.94. The van der Waals surface area contributed by atoms with Crippen LogP contribution in [0.3, 0.4) is 0 Å². The Labute approximate surface area is 119 Å². The predicted molar refractivity (Wildman–Crippen MR) is 76.7 cm³/mol. The first-order valence-electron chi connectivity index (χ1n) is 6.31. The molecule has 3 rings (SSSR count). The lowest BCUT2D eigenvalue weighted by Gasteiger charge is -2.00. The van der Waals surface area contributed by atoms with E-state index >= 15 is 0 Å². The lowest BCUT2D eigenvalue weighted by atomic mass is 10.2. The smallest absolute Gasteiger partial charge is 0.359 e. The first-order valence-corrected chi connectivity index (χ1v) is 7.19. The van der Waals surface area contributed by atoms with Crippen LogP contribution in [0.1, 0.15) is 28.1 Å². The average Bonchev–Trinajstić information content (AvgIpc) is 3.11. The number of aromatic nitrogens is 3. The van der Waals surface area contributed by atoms with Gasteiger partial charge in [-0.25, -0.2) is 9.78 Å². The molecule has 0 bridgehead atoms. The first kappa shape index (κ1) is 12.8. The molecule has 0 spiro atoms. The normalized spacial score (nSPS) is 10.8. The summed E-state index contributed by atoms with van der Waals surface area (Å²) in [5, 5.41) is 10.6. The van der Waals surface area contributed by atoms with Gasteiger partial charge in [0.1, 0.15) is 6.61 Å². The van der Waals surface area contributed by atoms with Crippen molar-refractivity contribution in [2.24, 2.45) is 0 Å². The van der Waals surface area contributed by atoms with Crippen LogP contribution in [0.2, 0.25) is 0 Å². The molecule has 0 aliphatic heterocycles. The molecule has 102 valence electrons. The fourth-order valence-corrected chi connectivity index (χ4v) is 2.63. The molecule has 0 aliphatic rings. The molecular weight excluding hydrogens is 274 g/mol. The monoisotopic (exact) mass is 287 g/mol. The summed E-state index contributed by atoms with van der Waals surface area (Å²) in [4.78, 5) is 16.4. The maximum Gasteiger partial charge on any atom is 0.359 e. The fraction of sp³-hybridized carbons (Fsp3) is 0.214. The van der Waals surface area contributed by atoms with Crippen molar-refractivity contribution in [2.75, 3.05) is 0 Å². The Kier molecular flexibility index (Phi) is 3.47. The molecule has 1 N–H and O–H groups in total. The molecule has 0 atom stereocenters. The number of carbonyl (C=O) groups is 1. The number of aromatic amines is 1. The number of fused-ring (bicyclic) bond motifs is 1. The molecule has 0 amide bonds. The van der Waals surface area contributed by atoms with Gasteiger partial charge in [-0.2, -0.15) is 5.10 Å². The summed E-state index contributed by atoms with van der Waals surface area (Å²) in [5.41, 5.74) is 1.91. The number of rotatable bonds is 4. The SMILES string of the molecule is CCc1nc(COC(=O)c2n[nH]c3ccccc23)cs1. The fourth-order valence-electron chi connectivity index (χ4n) is 1.90. The molecule has 0 aliphatic carbocycles. The van der Waals surface area contributed by atoms with Crippen LogP contribution in [0.5, 0.6) is 0 Å². The molecule has 0 fully saturated rings. The Morgan fingerprint density at radius 1 is 1.40 bits per heavy atom. The average molecular weight is 287 g/mol. The zero-order valence-corrected chi connectivity index (χ0v) is 11.7. The van der Waals surface area contributed by atoms with Crippen LogP contribution in [-0.2, 0) is 17.8 Å². The molecule has 0 radical (unpaired) electrons. The molecule has 2 heterocycles. The number of ether oxygens (including phenoxy) is 1. The Bertz CT molecular complexity index is 748. The molecule has 6 heteroatoms. The zero-order chi connectivity index (χ0) is 13.9. The van der Waals surface area contributed by atoms with Crippen LogP contribution in [-0.4, -0.2) is 21.2 Å². The van der Waals surface area contributed by atoms with E-state index in [1.807, 2.05) is 36.6 Å². The Balaban J connectivity index is 1.73. The maximum absolute atomic E-state index is 12.0. The number of carbonyl (C=O) groups excluding carboxylic acids is 1. The third kappa shape index (κ3) is 2.42. The van der Waals surface area contributed by atoms with Gasteiger partial charge in [0.15, 0.2) is 5.69 Å². The van der Waals surface area contributed by atoms with E-state index in [4.69, 9.17) is 4.74 Å². The summed E-state index contributed by atoms with van der Waals surface area (Å²) in [7, 11) is 0. The van der Waals surface area contributed by atoms with Crippen LogP contribution >= 0.6 is 11.3 Å². The van der Waals surface area contributed by atoms with Crippen molar-refractivity contribution < 1.29 is 9.53 Å². The van der Waals surface area contributed by atoms with Gasteiger partial charge < -0.3 is 4.74 Å². The van der Waals surface area contributed by atoms with E-state index < -0.39 is 5.97 Å². The number of H-pyrrole nitrogens is 1. The van der Waals surface area contributed by atoms with Crippen molar-refractivity contribution in [3.63, 3.8) is 0 Å². The number of nitrogens with zero attached hydrogens (tertiary/aromatic N) is 2. The second kappa shape index (κ2) is 5.42. The van der Waals surface area contributed by atoms with E-state index in [1.54, 1.807) is 11.3 Å². The van der Waals surface area contributed by atoms with Crippen molar-refractivity contribution in [1.82, 2.24) is 15.2 Å². The zero-order valence-electron chi connectivity index (χ0n) is 10.9. The van der Waals surface area contributed by atoms with E-state index in [9.17, 15) is 4.79 Å². The number of esters is 1. The standard InChI is InChI=1S/C14H13N3O2S/c1-2-12-15-9(8-20-12)7-19-14(18)13-10-5-3-4-6-11(10)16-17-13/h3-6,8H,2,7H2,1H3,(H,16,17). The number of aryl methyl sites for hydroxylation is 1. The van der Waals surface area contributed by atoms with E-state index in [0.717, 1.165) is 28.0 Å². The summed E-state index contributed by atoms with van der Waals surface area (Å²) >= 11 is 1.58. The van der Waals surface area contributed by atoms with Crippen molar-refractivity contribution in [2.45, 2.75) is 20.0 Å². The quantitative estimate of drug-likeness (QED) is 0.749. The van der Waals surface area contributed by atoms with Crippen molar-refractivity contribution >= 4 is 28.2 Å². The number of hydrogen-bond donors (Lipinski definition) is 1. The number of hydrogen-bond acceptors (Lipinski definition) is 5. The van der Waals surface area contributed by atoms with Crippen LogP contribution in [0, 0.1) is 0 Å². The Morgan fingerprint density at radius 2 is 2.25 bits per heavy atom. The first-order chi connectivity index (χ1) is 9.78. The summed E-state index contributed by atoms with van der Waals surface area (Å²) < 4.78 is 5.26. The van der Waals surface area contributed by atoms with E-state index in [0.29, 0.717) is 5.69 Å². The minimum absolute atomic E-state index is 0.177. The summed E-state index contributed by atoms with van der Waals surface area (Å²) in [5.74, 6) is -0.437. The second-order valence-corrected chi connectivity index (χ2v) is 5.22. The maximum atomic E-state index is 12.0. The van der Waals surface area contributed by atoms with Crippen molar-refractivity contribution in [3.05, 3.63) is 46.0 Å². The van der Waals surface area contributed by atoms with Gasteiger partial charge in [-0.05, 0) is 12.5 Å². The molecule has 5 nitrogen and oxygen atoms in total. The molecule has 2 aromatic heterocycles. The highest BCUT2D eigenvalue weighted by Gasteiger charge is 2.15. The highest BCUT2D eigenvalue weighted by molar-refractivity contribution is 7.09. The van der Waals surface area contributed by atoms with Crippen LogP contribution in [0.25, 0.3) is 10.9 Å². The largest absolute Gasteiger partial charge is 0.454 e. The number of thiazole rings is 1. The second-order valence-electron chi connectivity index (χ2n) is 4.28.